The predicted molar refractivity (Wildman–Crippen MR) is 96.8 cm³/mol. The van der Waals surface area contributed by atoms with Crippen molar-refractivity contribution in [2.45, 2.75) is 32.4 Å². The second kappa shape index (κ2) is 6.72. The van der Waals surface area contributed by atoms with Crippen LogP contribution in [0.5, 0.6) is 0 Å². The highest BCUT2D eigenvalue weighted by Gasteiger charge is 2.31. The molecule has 0 aliphatic heterocycles. The molecule has 0 saturated heterocycles. The molecule has 0 fully saturated rings. The Morgan fingerprint density at radius 1 is 1.04 bits per heavy atom. The molecule has 3 nitrogen and oxygen atoms in total. The molecule has 0 amide bonds. The Labute approximate surface area is 153 Å². The summed E-state index contributed by atoms with van der Waals surface area (Å²) in [6.45, 7) is 6.05. The van der Waals surface area contributed by atoms with Crippen molar-refractivity contribution in [3.8, 4) is 5.69 Å². The van der Waals surface area contributed by atoms with Crippen molar-refractivity contribution in [1.29, 1.82) is 0 Å². The van der Waals surface area contributed by atoms with Gasteiger partial charge in [0, 0.05) is 28.4 Å². The molecule has 0 spiro atoms. The van der Waals surface area contributed by atoms with E-state index in [1.807, 2.05) is 32.2 Å². The van der Waals surface area contributed by atoms with Crippen LogP contribution < -0.4 is 4.80 Å². The summed E-state index contributed by atoms with van der Waals surface area (Å²) < 4.78 is 41.2. The van der Waals surface area contributed by atoms with Crippen LogP contribution in [0.15, 0.2) is 59.0 Å². The van der Waals surface area contributed by atoms with Crippen LogP contribution in [0, 0.1) is 0 Å². The topological polar surface area (TPSA) is 30.2 Å². The molecular formula is C19H18F3N3S. The number of benzene rings is 1. The zero-order valence-electron chi connectivity index (χ0n) is 14.6. The molecule has 7 heteroatoms. The van der Waals surface area contributed by atoms with Gasteiger partial charge in [-0.25, -0.2) is 9.98 Å². The molecule has 136 valence electrons. The van der Waals surface area contributed by atoms with Crippen LogP contribution in [0.1, 0.15) is 32.0 Å². The highest BCUT2D eigenvalue weighted by atomic mass is 32.1. The third-order valence-corrected chi connectivity index (χ3v) is 4.59. The standard InChI is InChI=1S/C19H18F3N3S/c1-18(2,3)15-12-26-17(24-16-9-4-5-10-23-16)25(15)14-8-6-7-13(11-14)19(20,21)22/h4-12H,1-3H3/b24-17+. The Morgan fingerprint density at radius 2 is 1.81 bits per heavy atom. The van der Waals surface area contributed by atoms with E-state index >= 15 is 0 Å². The lowest BCUT2D eigenvalue weighted by atomic mass is 9.92. The second-order valence-corrected chi connectivity index (χ2v) is 7.67. The van der Waals surface area contributed by atoms with Gasteiger partial charge in [-0.15, -0.1) is 11.3 Å². The molecule has 0 unspecified atom stereocenters. The fraction of sp³-hybridized carbons (Fsp3) is 0.263. The van der Waals surface area contributed by atoms with Crippen LogP contribution in [-0.4, -0.2) is 9.55 Å². The van der Waals surface area contributed by atoms with Gasteiger partial charge in [0.2, 0.25) is 0 Å². The van der Waals surface area contributed by atoms with E-state index in [-0.39, 0.29) is 5.41 Å². The van der Waals surface area contributed by atoms with Crippen LogP contribution in [0.4, 0.5) is 19.0 Å². The average molecular weight is 377 g/mol. The third-order valence-electron chi connectivity index (χ3n) is 3.77. The van der Waals surface area contributed by atoms with Gasteiger partial charge < -0.3 is 0 Å². The molecule has 0 atom stereocenters. The molecule has 0 bridgehead atoms. The molecule has 0 N–H and O–H groups in total. The lowest BCUT2D eigenvalue weighted by Crippen LogP contribution is -2.23. The van der Waals surface area contributed by atoms with Crippen LogP contribution >= 0.6 is 11.3 Å². The van der Waals surface area contributed by atoms with Crippen molar-refractivity contribution in [3.63, 3.8) is 0 Å². The van der Waals surface area contributed by atoms with Crippen molar-refractivity contribution in [2.24, 2.45) is 4.99 Å². The number of rotatable bonds is 2. The smallest absolute Gasteiger partial charge is 0.289 e. The molecule has 3 aromatic rings. The van der Waals surface area contributed by atoms with Crippen LogP contribution in [0.3, 0.4) is 0 Å². The summed E-state index contributed by atoms with van der Waals surface area (Å²) in [7, 11) is 0. The fourth-order valence-electron chi connectivity index (χ4n) is 2.49. The Balaban J connectivity index is 2.26. The van der Waals surface area contributed by atoms with Gasteiger partial charge >= 0.3 is 6.18 Å². The first-order valence-electron chi connectivity index (χ1n) is 8.01. The first-order chi connectivity index (χ1) is 12.2. The molecule has 0 aliphatic rings. The van der Waals surface area contributed by atoms with Crippen molar-refractivity contribution < 1.29 is 13.2 Å². The number of pyridine rings is 1. The summed E-state index contributed by atoms with van der Waals surface area (Å²) in [5.41, 5.74) is 0.373. The molecule has 2 heterocycles. The monoisotopic (exact) mass is 377 g/mol. The largest absolute Gasteiger partial charge is 0.416 e. The number of nitrogens with zero attached hydrogens (tertiary/aromatic N) is 3. The fourth-order valence-corrected chi connectivity index (χ4v) is 3.63. The molecule has 0 radical (unpaired) electrons. The Kier molecular flexibility index (Phi) is 4.75. The van der Waals surface area contributed by atoms with E-state index in [9.17, 15) is 13.2 Å². The minimum Gasteiger partial charge on any atom is -0.289 e. The minimum absolute atomic E-state index is 0.261. The first kappa shape index (κ1) is 18.4. The summed E-state index contributed by atoms with van der Waals surface area (Å²) in [5.74, 6) is 0.510. The summed E-state index contributed by atoms with van der Waals surface area (Å²) >= 11 is 1.38. The van der Waals surface area contributed by atoms with Gasteiger partial charge in [0.15, 0.2) is 10.6 Å². The van der Waals surface area contributed by atoms with Gasteiger partial charge in [0.05, 0.1) is 5.56 Å². The maximum atomic E-state index is 13.2. The molecular weight excluding hydrogens is 359 g/mol. The average Bonchev–Trinajstić information content (AvgIpc) is 2.99. The first-order valence-corrected chi connectivity index (χ1v) is 8.88. The van der Waals surface area contributed by atoms with Crippen LogP contribution in [0.2, 0.25) is 0 Å². The zero-order chi connectivity index (χ0) is 18.9. The molecule has 1 aromatic carbocycles. The van der Waals surface area contributed by atoms with Crippen molar-refractivity contribution >= 4 is 17.2 Å². The van der Waals surface area contributed by atoms with E-state index in [0.717, 1.165) is 17.8 Å². The number of alkyl halides is 3. The Morgan fingerprint density at radius 3 is 2.42 bits per heavy atom. The number of hydrogen-bond donors (Lipinski definition) is 0. The number of hydrogen-bond acceptors (Lipinski definition) is 3. The van der Waals surface area contributed by atoms with E-state index in [2.05, 4.69) is 9.98 Å². The maximum Gasteiger partial charge on any atom is 0.416 e. The van der Waals surface area contributed by atoms with Crippen molar-refractivity contribution in [3.05, 3.63) is 70.1 Å². The summed E-state index contributed by atoms with van der Waals surface area (Å²) in [4.78, 5) is 9.29. The zero-order valence-corrected chi connectivity index (χ0v) is 15.4. The molecule has 3 rings (SSSR count). The SMILES string of the molecule is CC(C)(C)c1cs/c(=N/c2ccccn2)n1-c1cccc(C(F)(F)F)c1. The quantitative estimate of drug-likeness (QED) is 0.581. The highest BCUT2D eigenvalue weighted by Crippen LogP contribution is 2.32. The van der Waals surface area contributed by atoms with Crippen molar-refractivity contribution in [2.75, 3.05) is 0 Å². The van der Waals surface area contributed by atoms with Crippen LogP contribution in [0.25, 0.3) is 5.69 Å². The molecule has 2 aromatic heterocycles. The van der Waals surface area contributed by atoms with Gasteiger partial charge in [-0.1, -0.05) is 32.9 Å². The van der Waals surface area contributed by atoms with Gasteiger partial charge in [0.25, 0.3) is 0 Å². The maximum absolute atomic E-state index is 13.2. The minimum atomic E-state index is -4.40. The van der Waals surface area contributed by atoms with E-state index in [1.165, 1.54) is 17.4 Å². The number of aromatic nitrogens is 2. The number of halogens is 3. The van der Waals surface area contributed by atoms with E-state index in [1.54, 1.807) is 29.0 Å². The summed E-state index contributed by atoms with van der Waals surface area (Å²) in [6.07, 6.45) is -2.77. The van der Waals surface area contributed by atoms with Crippen LogP contribution in [-0.2, 0) is 11.6 Å². The predicted octanol–water partition coefficient (Wildman–Crippen LogP) is 5.48. The van der Waals surface area contributed by atoms with Crippen molar-refractivity contribution in [1.82, 2.24) is 9.55 Å². The Hall–Kier alpha value is -2.41. The van der Waals surface area contributed by atoms with Gasteiger partial charge in [-0.2, -0.15) is 13.2 Å². The van der Waals surface area contributed by atoms with Gasteiger partial charge in [0.1, 0.15) is 0 Å². The van der Waals surface area contributed by atoms with Gasteiger partial charge in [-0.3, -0.25) is 4.57 Å². The Bertz CT molecular complexity index is 964. The lowest BCUT2D eigenvalue weighted by molar-refractivity contribution is -0.137. The molecule has 0 saturated carbocycles. The number of thiazole rings is 1. The van der Waals surface area contributed by atoms with E-state index < -0.39 is 11.7 Å². The highest BCUT2D eigenvalue weighted by molar-refractivity contribution is 7.07. The molecule has 0 aliphatic carbocycles. The second-order valence-electron chi connectivity index (χ2n) is 6.84. The van der Waals surface area contributed by atoms with E-state index in [4.69, 9.17) is 0 Å². The van der Waals surface area contributed by atoms with Gasteiger partial charge in [-0.05, 0) is 30.3 Å². The lowest BCUT2D eigenvalue weighted by Gasteiger charge is -2.21. The summed E-state index contributed by atoms with van der Waals surface area (Å²) in [6, 6.07) is 10.7. The normalized spacial score (nSPS) is 13.2. The third kappa shape index (κ3) is 3.88. The molecule has 26 heavy (non-hydrogen) atoms. The summed E-state index contributed by atoms with van der Waals surface area (Å²) in [5, 5.41) is 1.93. The van der Waals surface area contributed by atoms with E-state index in [0.29, 0.717) is 16.3 Å².